The molecule has 0 bridgehead atoms. The lowest BCUT2D eigenvalue weighted by atomic mass is 9.95. The molecule has 1 unspecified atom stereocenters. The molecular formula is C25H29ClN2O5. The number of aliphatic hydroxyl groups excluding tert-OH is 1. The number of carbonyl (C=O) groups is 2. The van der Waals surface area contributed by atoms with E-state index in [1.165, 1.54) is 18.1 Å². The summed E-state index contributed by atoms with van der Waals surface area (Å²) in [6.45, 7) is 4.28. The fourth-order valence-corrected chi connectivity index (χ4v) is 4.03. The molecular weight excluding hydrogens is 444 g/mol. The molecule has 0 aliphatic carbocycles. The molecule has 0 spiro atoms. The van der Waals surface area contributed by atoms with Gasteiger partial charge in [-0.15, -0.1) is 0 Å². The van der Waals surface area contributed by atoms with E-state index < -0.39 is 17.7 Å². The van der Waals surface area contributed by atoms with Crippen LogP contribution in [0.2, 0.25) is 5.02 Å². The first-order valence-corrected chi connectivity index (χ1v) is 11.0. The number of methoxy groups -OCH3 is 1. The number of rotatable bonds is 8. The average molecular weight is 473 g/mol. The van der Waals surface area contributed by atoms with Crippen LogP contribution in [0, 0.1) is 0 Å². The van der Waals surface area contributed by atoms with Crippen molar-refractivity contribution in [2.45, 2.75) is 26.0 Å². The number of carbonyl (C=O) groups excluding carboxylic acids is 2. The van der Waals surface area contributed by atoms with Gasteiger partial charge in [0.1, 0.15) is 11.5 Å². The fourth-order valence-electron chi connectivity index (χ4n) is 3.77. The van der Waals surface area contributed by atoms with Crippen molar-refractivity contribution in [2.75, 3.05) is 39.3 Å². The zero-order valence-electron chi connectivity index (χ0n) is 19.5. The summed E-state index contributed by atoms with van der Waals surface area (Å²) in [6, 6.07) is 11.5. The quantitative estimate of drug-likeness (QED) is 0.351. The van der Waals surface area contributed by atoms with E-state index in [9.17, 15) is 14.7 Å². The average Bonchev–Trinajstić information content (AvgIpc) is 3.03. The highest BCUT2D eigenvalue weighted by Gasteiger charge is 2.46. The van der Waals surface area contributed by atoms with Crippen LogP contribution in [0.15, 0.2) is 48.0 Å². The first-order valence-electron chi connectivity index (χ1n) is 10.7. The number of aliphatic hydroxyl groups is 1. The number of ketones is 1. The van der Waals surface area contributed by atoms with Crippen LogP contribution in [0.1, 0.15) is 31.0 Å². The van der Waals surface area contributed by atoms with E-state index in [0.717, 1.165) is 5.69 Å². The number of likely N-dealkylation sites (tertiary alicyclic amines) is 1. The zero-order chi connectivity index (χ0) is 24.3. The molecule has 7 nitrogen and oxygen atoms in total. The molecule has 33 heavy (non-hydrogen) atoms. The number of anilines is 1. The summed E-state index contributed by atoms with van der Waals surface area (Å²) in [7, 11) is 5.35. The summed E-state index contributed by atoms with van der Waals surface area (Å²) in [4.78, 5) is 29.5. The monoisotopic (exact) mass is 472 g/mol. The van der Waals surface area contributed by atoms with E-state index in [-0.39, 0.29) is 35.6 Å². The Morgan fingerprint density at radius 3 is 2.36 bits per heavy atom. The topological polar surface area (TPSA) is 79.3 Å². The predicted molar refractivity (Wildman–Crippen MR) is 129 cm³/mol. The van der Waals surface area contributed by atoms with E-state index in [1.54, 1.807) is 12.1 Å². The summed E-state index contributed by atoms with van der Waals surface area (Å²) < 4.78 is 10.8. The molecule has 1 aliphatic heterocycles. The number of hydrogen-bond acceptors (Lipinski definition) is 6. The number of benzene rings is 2. The SMILES string of the molecule is COc1ccc(/C(O)=C2/C(=O)C(=O)N(CCOC(C)C)C2c2ccc(N(C)C)cc2)cc1Cl. The molecule has 1 saturated heterocycles. The van der Waals surface area contributed by atoms with Gasteiger partial charge in [0, 0.05) is 31.9 Å². The highest BCUT2D eigenvalue weighted by Crippen LogP contribution is 2.40. The van der Waals surface area contributed by atoms with E-state index in [4.69, 9.17) is 21.1 Å². The lowest BCUT2D eigenvalue weighted by molar-refractivity contribution is -0.140. The molecule has 2 aromatic rings. The molecule has 3 rings (SSSR count). The molecule has 0 radical (unpaired) electrons. The van der Waals surface area contributed by atoms with E-state index in [0.29, 0.717) is 16.9 Å². The van der Waals surface area contributed by atoms with Crippen LogP contribution < -0.4 is 9.64 Å². The standard InChI is InChI=1S/C25H29ClN2O5/c1-15(2)33-13-12-28-22(16-6-9-18(10-7-16)27(3)4)21(24(30)25(28)31)23(29)17-8-11-20(32-5)19(26)14-17/h6-11,14-15,22,29H,12-13H2,1-5H3/b23-21-. The Morgan fingerprint density at radius 1 is 1.15 bits per heavy atom. The number of amides is 1. The van der Waals surface area contributed by atoms with Crippen LogP contribution in [-0.2, 0) is 14.3 Å². The van der Waals surface area contributed by atoms with Gasteiger partial charge in [0.25, 0.3) is 11.7 Å². The molecule has 1 aliphatic rings. The number of nitrogens with zero attached hydrogens (tertiary/aromatic N) is 2. The van der Waals surface area contributed by atoms with Crippen molar-refractivity contribution in [1.82, 2.24) is 4.90 Å². The fraction of sp³-hybridized carbons (Fsp3) is 0.360. The first-order chi connectivity index (χ1) is 15.6. The normalized spacial score (nSPS) is 17.7. The van der Waals surface area contributed by atoms with Crippen LogP contribution >= 0.6 is 11.6 Å². The Balaban J connectivity index is 2.10. The third kappa shape index (κ3) is 5.15. The minimum Gasteiger partial charge on any atom is -0.507 e. The summed E-state index contributed by atoms with van der Waals surface area (Å²) in [5.74, 6) is -1.27. The van der Waals surface area contributed by atoms with Crippen molar-refractivity contribution in [3.63, 3.8) is 0 Å². The maximum Gasteiger partial charge on any atom is 0.295 e. The second kappa shape index (κ2) is 10.3. The molecule has 0 aromatic heterocycles. The minimum atomic E-state index is -0.752. The van der Waals surface area contributed by atoms with Crippen molar-refractivity contribution in [3.05, 3.63) is 64.2 Å². The third-order valence-electron chi connectivity index (χ3n) is 5.47. The van der Waals surface area contributed by atoms with E-state index >= 15 is 0 Å². The van der Waals surface area contributed by atoms with Crippen molar-refractivity contribution in [1.29, 1.82) is 0 Å². The lowest BCUT2D eigenvalue weighted by Gasteiger charge is -2.26. The van der Waals surface area contributed by atoms with Crippen molar-refractivity contribution in [3.8, 4) is 5.75 Å². The third-order valence-corrected chi connectivity index (χ3v) is 5.77. The van der Waals surface area contributed by atoms with Gasteiger partial charge in [-0.2, -0.15) is 0 Å². The van der Waals surface area contributed by atoms with Gasteiger partial charge in [0.2, 0.25) is 0 Å². The zero-order valence-corrected chi connectivity index (χ0v) is 20.2. The van der Waals surface area contributed by atoms with Gasteiger partial charge in [0.15, 0.2) is 0 Å². The summed E-state index contributed by atoms with van der Waals surface area (Å²) >= 11 is 6.23. The van der Waals surface area contributed by atoms with Crippen molar-refractivity contribution >= 4 is 34.7 Å². The van der Waals surface area contributed by atoms with Crippen molar-refractivity contribution < 1.29 is 24.2 Å². The number of ether oxygens (including phenoxy) is 2. The Morgan fingerprint density at radius 2 is 1.82 bits per heavy atom. The summed E-state index contributed by atoms with van der Waals surface area (Å²) in [6.07, 6.45) is -0.0129. The molecule has 176 valence electrons. The molecule has 1 amide bonds. The summed E-state index contributed by atoms with van der Waals surface area (Å²) in [5, 5.41) is 11.4. The van der Waals surface area contributed by atoms with Crippen LogP contribution in [0.4, 0.5) is 5.69 Å². The van der Waals surface area contributed by atoms with Gasteiger partial charge >= 0.3 is 0 Å². The molecule has 0 saturated carbocycles. The highest BCUT2D eigenvalue weighted by atomic mass is 35.5. The van der Waals surface area contributed by atoms with E-state index in [2.05, 4.69) is 0 Å². The van der Waals surface area contributed by atoms with E-state index in [1.807, 2.05) is 57.1 Å². The van der Waals surface area contributed by atoms with Crippen LogP contribution in [0.25, 0.3) is 5.76 Å². The number of halogens is 1. The van der Waals surface area contributed by atoms with Crippen LogP contribution in [0.3, 0.4) is 0 Å². The molecule has 1 N–H and O–H groups in total. The van der Waals surface area contributed by atoms with Gasteiger partial charge in [-0.1, -0.05) is 23.7 Å². The highest BCUT2D eigenvalue weighted by molar-refractivity contribution is 6.46. The van der Waals surface area contributed by atoms with Gasteiger partial charge in [-0.25, -0.2) is 0 Å². The second-order valence-corrected chi connectivity index (χ2v) is 8.65. The Bertz CT molecular complexity index is 1060. The second-order valence-electron chi connectivity index (χ2n) is 8.25. The van der Waals surface area contributed by atoms with Gasteiger partial charge in [0.05, 0.1) is 36.5 Å². The molecule has 1 atom stereocenters. The maximum atomic E-state index is 13.1. The van der Waals surface area contributed by atoms with Crippen LogP contribution in [-0.4, -0.2) is 62.2 Å². The molecule has 1 heterocycles. The molecule has 1 fully saturated rings. The Kier molecular flexibility index (Phi) is 7.66. The van der Waals surface area contributed by atoms with Gasteiger partial charge in [-0.05, 0) is 49.7 Å². The largest absolute Gasteiger partial charge is 0.507 e. The minimum absolute atomic E-state index is 0.0129. The predicted octanol–water partition coefficient (Wildman–Crippen LogP) is 4.26. The number of Topliss-reactive ketones (excluding diaryl/α,β-unsaturated/α-hetero) is 1. The van der Waals surface area contributed by atoms with Gasteiger partial charge < -0.3 is 24.4 Å². The summed E-state index contributed by atoms with van der Waals surface area (Å²) in [5.41, 5.74) is 2.03. The maximum absolute atomic E-state index is 13.1. The Labute approximate surface area is 199 Å². The van der Waals surface area contributed by atoms with Crippen LogP contribution in [0.5, 0.6) is 5.75 Å². The Hall–Kier alpha value is -3.03. The molecule has 2 aromatic carbocycles. The van der Waals surface area contributed by atoms with Crippen molar-refractivity contribution in [2.24, 2.45) is 0 Å². The molecule has 8 heteroatoms. The first kappa shape index (κ1) is 24.6. The lowest BCUT2D eigenvalue weighted by Crippen LogP contribution is -2.33. The smallest absolute Gasteiger partial charge is 0.295 e. The number of hydrogen-bond donors (Lipinski definition) is 1. The van der Waals surface area contributed by atoms with Gasteiger partial charge in [-0.3, -0.25) is 9.59 Å².